The van der Waals surface area contributed by atoms with Gasteiger partial charge >= 0.3 is 0 Å². The lowest BCUT2D eigenvalue weighted by Gasteiger charge is -2.34. The normalized spacial score (nSPS) is 24.9. The van der Waals surface area contributed by atoms with E-state index in [1.54, 1.807) is 0 Å². The van der Waals surface area contributed by atoms with Crippen LogP contribution < -0.4 is 4.90 Å². The van der Waals surface area contributed by atoms with Gasteiger partial charge < -0.3 is 4.90 Å². The molecule has 0 aromatic carbocycles. The summed E-state index contributed by atoms with van der Waals surface area (Å²) in [6.07, 6.45) is 15.1. The van der Waals surface area contributed by atoms with Crippen molar-refractivity contribution in [3.63, 3.8) is 0 Å². The van der Waals surface area contributed by atoms with E-state index in [1.807, 2.05) is 9.80 Å². The van der Waals surface area contributed by atoms with E-state index in [-0.39, 0.29) is 17.9 Å². The Labute approximate surface area is 192 Å². The number of hydrogen-bond acceptors (Lipinski definition) is 4. The Morgan fingerprint density at radius 3 is 2.41 bits per heavy atom. The van der Waals surface area contributed by atoms with Crippen LogP contribution in [0, 0.1) is 18.8 Å². The largest absolute Gasteiger partial charge is 0.332 e. The summed E-state index contributed by atoms with van der Waals surface area (Å²) in [6, 6.07) is -0.0403. The van der Waals surface area contributed by atoms with E-state index < -0.39 is 0 Å². The van der Waals surface area contributed by atoms with Crippen molar-refractivity contribution in [3.8, 4) is 0 Å². The molecule has 0 N–H and O–H groups in total. The molecule has 1 aromatic heterocycles. The molecule has 1 saturated heterocycles. The topological polar surface area (TPSA) is 66.4 Å². The van der Waals surface area contributed by atoms with Gasteiger partial charge in [-0.3, -0.25) is 14.5 Å². The van der Waals surface area contributed by atoms with Gasteiger partial charge in [0.2, 0.25) is 11.8 Å². The Kier molecular flexibility index (Phi) is 6.47. The van der Waals surface area contributed by atoms with E-state index >= 15 is 0 Å². The number of amides is 2. The molecular weight excluding hydrogens is 400 g/mol. The molecule has 2 aliphatic heterocycles. The quantitative estimate of drug-likeness (QED) is 0.657. The molecule has 2 amide bonds. The minimum Gasteiger partial charge on any atom is -0.332 e. The van der Waals surface area contributed by atoms with Crippen LogP contribution in [0.25, 0.3) is 0 Å². The molecule has 3 heterocycles. The number of aromatic nitrogens is 2. The zero-order chi connectivity index (χ0) is 22.1. The molecule has 174 valence electrons. The maximum Gasteiger partial charge on any atom is 0.228 e. The van der Waals surface area contributed by atoms with E-state index in [4.69, 9.17) is 9.97 Å². The first-order chi connectivity index (χ1) is 15.6. The number of nitrogens with zero attached hydrogens (tertiary/aromatic N) is 4. The Morgan fingerprint density at radius 2 is 1.62 bits per heavy atom. The number of fused-ring (bicyclic) bond motifs is 1. The summed E-state index contributed by atoms with van der Waals surface area (Å²) >= 11 is 0. The van der Waals surface area contributed by atoms with Crippen molar-refractivity contribution in [2.75, 3.05) is 18.0 Å². The van der Waals surface area contributed by atoms with Gasteiger partial charge in [-0.1, -0.05) is 32.1 Å². The number of rotatable bonds is 5. The number of carbonyl (C=O) groups excluding carboxylic acids is 2. The molecule has 0 spiro atoms. The number of carbonyl (C=O) groups is 2. The van der Waals surface area contributed by atoms with E-state index in [9.17, 15) is 9.59 Å². The predicted octanol–water partition coefficient (Wildman–Crippen LogP) is 4.89. The molecule has 5 rings (SSSR count). The predicted molar refractivity (Wildman–Crippen MR) is 124 cm³/mol. The van der Waals surface area contributed by atoms with E-state index in [0.717, 1.165) is 55.3 Å². The minimum atomic E-state index is -0.0403. The summed E-state index contributed by atoms with van der Waals surface area (Å²) in [6.45, 7) is 3.65. The Hall–Kier alpha value is -1.98. The number of hydrogen-bond donors (Lipinski definition) is 0. The highest BCUT2D eigenvalue weighted by molar-refractivity contribution is 5.95. The minimum absolute atomic E-state index is 0.0403. The fraction of sp³-hybridized carbons (Fsp3) is 0.769. The molecule has 1 aromatic rings. The van der Waals surface area contributed by atoms with E-state index in [2.05, 4.69) is 6.92 Å². The zero-order valence-corrected chi connectivity index (χ0v) is 19.7. The first-order valence-electron chi connectivity index (χ1n) is 13.1. The third-order valence-corrected chi connectivity index (χ3v) is 8.33. The van der Waals surface area contributed by atoms with Gasteiger partial charge in [-0.2, -0.15) is 0 Å². The van der Waals surface area contributed by atoms with Gasteiger partial charge in [-0.15, -0.1) is 0 Å². The van der Waals surface area contributed by atoms with Crippen LogP contribution in [0.4, 0.5) is 5.82 Å². The van der Waals surface area contributed by atoms with Crippen molar-refractivity contribution in [1.29, 1.82) is 0 Å². The van der Waals surface area contributed by atoms with Crippen molar-refractivity contribution < 1.29 is 9.59 Å². The molecule has 4 aliphatic rings. The first kappa shape index (κ1) is 21.8. The highest BCUT2D eigenvalue weighted by atomic mass is 16.2. The molecule has 0 bridgehead atoms. The third-order valence-electron chi connectivity index (χ3n) is 8.33. The van der Waals surface area contributed by atoms with Gasteiger partial charge in [0.15, 0.2) is 5.82 Å². The van der Waals surface area contributed by atoms with Gasteiger partial charge in [0, 0.05) is 37.2 Å². The summed E-state index contributed by atoms with van der Waals surface area (Å²) in [5.41, 5.74) is 2.12. The van der Waals surface area contributed by atoms with Crippen molar-refractivity contribution in [1.82, 2.24) is 14.9 Å². The molecule has 3 fully saturated rings. The van der Waals surface area contributed by atoms with Crippen LogP contribution in [0.5, 0.6) is 0 Å². The first-order valence-corrected chi connectivity index (χ1v) is 13.1. The molecule has 0 unspecified atom stereocenters. The summed E-state index contributed by atoms with van der Waals surface area (Å²) in [5, 5.41) is 0. The molecular formula is C26H38N4O2. The second-order valence-electron chi connectivity index (χ2n) is 10.6. The van der Waals surface area contributed by atoms with Crippen molar-refractivity contribution in [2.45, 2.75) is 103 Å². The fourth-order valence-corrected chi connectivity index (χ4v) is 6.48. The maximum atomic E-state index is 13.1. The summed E-state index contributed by atoms with van der Waals surface area (Å²) in [5.74, 6) is 3.19. The lowest BCUT2D eigenvalue weighted by molar-refractivity contribution is -0.133. The number of likely N-dealkylation sites (tertiary alicyclic amines) is 1. The van der Waals surface area contributed by atoms with Crippen LogP contribution in [0.15, 0.2) is 0 Å². The molecule has 6 heteroatoms. The van der Waals surface area contributed by atoms with E-state index in [0.29, 0.717) is 24.7 Å². The van der Waals surface area contributed by atoms with Gasteiger partial charge in [-0.05, 0) is 63.7 Å². The zero-order valence-electron chi connectivity index (χ0n) is 19.7. The molecule has 0 radical (unpaired) electrons. The van der Waals surface area contributed by atoms with Gasteiger partial charge in [-0.25, -0.2) is 9.97 Å². The van der Waals surface area contributed by atoms with Gasteiger partial charge in [0.25, 0.3) is 0 Å². The molecule has 6 nitrogen and oxygen atoms in total. The Bertz CT molecular complexity index is 858. The molecule has 2 aliphatic carbocycles. The Morgan fingerprint density at radius 1 is 0.906 bits per heavy atom. The average Bonchev–Trinajstić information content (AvgIpc) is 3.48. The lowest BCUT2D eigenvalue weighted by Crippen LogP contribution is -2.41. The SMILES string of the molecule is Cc1nc([C@@H]2CCCN2C(=O)CC2CCCC2)nc2c1CCC(=O)N2CC1CCCCC1. The smallest absolute Gasteiger partial charge is 0.228 e. The highest BCUT2D eigenvalue weighted by Gasteiger charge is 2.36. The monoisotopic (exact) mass is 438 g/mol. The summed E-state index contributed by atoms with van der Waals surface area (Å²) in [7, 11) is 0. The molecule has 32 heavy (non-hydrogen) atoms. The second-order valence-corrected chi connectivity index (χ2v) is 10.6. The van der Waals surface area contributed by atoms with Crippen LogP contribution in [0.1, 0.15) is 107 Å². The lowest BCUT2D eigenvalue weighted by atomic mass is 9.88. The second kappa shape index (κ2) is 9.48. The van der Waals surface area contributed by atoms with Crippen molar-refractivity contribution in [3.05, 3.63) is 17.1 Å². The number of anilines is 1. The average molecular weight is 439 g/mol. The fourth-order valence-electron chi connectivity index (χ4n) is 6.48. The van der Waals surface area contributed by atoms with Crippen LogP contribution in [0.2, 0.25) is 0 Å². The third kappa shape index (κ3) is 4.42. The molecule has 2 saturated carbocycles. The van der Waals surface area contributed by atoms with Crippen LogP contribution in [-0.2, 0) is 16.0 Å². The van der Waals surface area contributed by atoms with Gasteiger partial charge in [0.05, 0.1) is 6.04 Å². The highest BCUT2D eigenvalue weighted by Crippen LogP contribution is 2.37. The van der Waals surface area contributed by atoms with Gasteiger partial charge in [0.1, 0.15) is 5.82 Å². The van der Waals surface area contributed by atoms with Crippen molar-refractivity contribution in [2.24, 2.45) is 11.8 Å². The number of aryl methyl sites for hydroxylation is 1. The van der Waals surface area contributed by atoms with Crippen molar-refractivity contribution >= 4 is 17.6 Å². The standard InChI is InChI=1S/C26H38N4O2/c1-18-21-13-14-23(31)30(17-20-10-3-2-4-11-20)26(21)28-25(27-18)22-12-7-15-29(22)24(32)16-19-8-5-6-9-19/h19-20,22H,2-17H2,1H3/t22-/m0/s1. The summed E-state index contributed by atoms with van der Waals surface area (Å²) in [4.78, 5) is 40.0. The van der Waals surface area contributed by atoms with Crippen LogP contribution in [0.3, 0.4) is 0 Å². The van der Waals surface area contributed by atoms with Crippen LogP contribution >= 0.6 is 0 Å². The van der Waals surface area contributed by atoms with Crippen LogP contribution in [-0.4, -0.2) is 39.8 Å². The maximum absolute atomic E-state index is 13.1. The Balaban J connectivity index is 1.39. The van der Waals surface area contributed by atoms with E-state index in [1.165, 1.54) is 57.8 Å². The summed E-state index contributed by atoms with van der Waals surface area (Å²) < 4.78 is 0. The molecule has 1 atom stereocenters.